The number of nitrogens with one attached hydrogen (secondary N) is 1. The summed E-state index contributed by atoms with van der Waals surface area (Å²) in [5.41, 5.74) is 0.544. The van der Waals surface area contributed by atoms with Gasteiger partial charge in [0.05, 0.1) is 0 Å². The number of nitrogens with zero attached hydrogens (tertiary/aromatic N) is 1. The molecule has 0 radical (unpaired) electrons. The molecule has 1 fully saturated rings. The quantitative estimate of drug-likeness (QED) is 0.826. The van der Waals surface area contributed by atoms with Gasteiger partial charge in [-0.1, -0.05) is 15.9 Å². The van der Waals surface area contributed by atoms with Gasteiger partial charge >= 0.3 is 0 Å². The van der Waals surface area contributed by atoms with Crippen molar-refractivity contribution in [3.8, 4) is 0 Å². The second-order valence-electron chi connectivity index (χ2n) is 5.72. The van der Waals surface area contributed by atoms with E-state index in [1.165, 1.54) is 6.07 Å². The number of hydrogen-bond acceptors (Lipinski definition) is 2. The fraction of sp³-hybridized carbons (Fsp3) is 0.562. The molecule has 0 unspecified atom stereocenters. The summed E-state index contributed by atoms with van der Waals surface area (Å²) in [6.07, 6.45) is 3.79. The van der Waals surface area contributed by atoms with E-state index in [1.54, 1.807) is 24.1 Å². The van der Waals surface area contributed by atoms with Crippen molar-refractivity contribution in [2.45, 2.75) is 32.2 Å². The van der Waals surface area contributed by atoms with E-state index in [0.717, 1.165) is 36.8 Å². The summed E-state index contributed by atoms with van der Waals surface area (Å²) < 4.78 is 14.5. The second kappa shape index (κ2) is 9.48. The first kappa shape index (κ1) is 19.4. The van der Waals surface area contributed by atoms with Crippen molar-refractivity contribution < 1.29 is 9.18 Å². The van der Waals surface area contributed by atoms with Crippen LogP contribution in [0.3, 0.4) is 0 Å². The van der Waals surface area contributed by atoms with Gasteiger partial charge in [-0.3, -0.25) is 4.79 Å². The van der Waals surface area contributed by atoms with Gasteiger partial charge in [-0.25, -0.2) is 4.39 Å². The third kappa shape index (κ3) is 5.86. The highest BCUT2D eigenvalue weighted by Crippen LogP contribution is 2.20. The first-order valence-electron chi connectivity index (χ1n) is 7.45. The summed E-state index contributed by atoms with van der Waals surface area (Å²) in [5.74, 6) is 0.468. The average Bonchev–Trinajstić information content (AvgIpc) is 2.49. The van der Waals surface area contributed by atoms with Crippen molar-refractivity contribution in [1.82, 2.24) is 10.2 Å². The van der Waals surface area contributed by atoms with Crippen LogP contribution < -0.4 is 5.32 Å². The third-order valence-electron chi connectivity index (χ3n) is 4.07. The van der Waals surface area contributed by atoms with Crippen LogP contribution in [0, 0.1) is 11.7 Å². The molecule has 1 N–H and O–H groups in total. The van der Waals surface area contributed by atoms with Crippen LogP contribution in [-0.4, -0.2) is 30.9 Å². The summed E-state index contributed by atoms with van der Waals surface area (Å²) in [7, 11) is 1.74. The minimum atomic E-state index is -0.267. The Balaban J connectivity index is 0.00000242. The highest BCUT2D eigenvalue weighted by atomic mass is 79.9. The summed E-state index contributed by atoms with van der Waals surface area (Å²) in [4.78, 5) is 13.8. The number of amides is 1. The lowest BCUT2D eigenvalue weighted by Gasteiger charge is -2.23. The first-order valence-corrected chi connectivity index (χ1v) is 8.24. The van der Waals surface area contributed by atoms with Crippen molar-refractivity contribution in [2.24, 2.45) is 5.92 Å². The lowest BCUT2D eigenvalue weighted by molar-refractivity contribution is -0.130. The molecule has 22 heavy (non-hydrogen) atoms. The molecule has 1 saturated heterocycles. The van der Waals surface area contributed by atoms with Crippen molar-refractivity contribution in [1.29, 1.82) is 0 Å². The van der Waals surface area contributed by atoms with Crippen molar-refractivity contribution in [3.05, 3.63) is 34.1 Å². The molecule has 2 rings (SSSR count). The lowest BCUT2D eigenvalue weighted by Crippen LogP contribution is -2.30. The molecular weight excluding hydrogens is 371 g/mol. The maximum Gasteiger partial charge on any atom is 0.222 e. The Morgan fingerprint density at radius 2 is 2.09 bits per heavy atom. The SMILES string of the molecule is CN(Cc1cc(Br)ccc1F)C(=O)CCC1CCNCC1.Cl. The summed E-state index contributed by atoms with van der Waals surface area (Å²) in [6, 6.07) is 4.82. The molecule has 1 aromatic rings. The van der Waals surface area contributed by atoms with Crippen molar-refractivity contribution in [3.63, 3.8) is 0 Å². The van der Waals surface area contributed by atoms with Crippen molar-refractivity contribution >= 4 is 34.2 Å². The maximum atomic E-state index is 13.7. The minimum absolute atomic E-state index is 0. The average molecular weight is 394 g/mol. The Labute approximate surface area is 146 Å². The van der Waals surface area contributed by atoms with E-state index in [9.17, 15) is 9.18 Å². The molecule has 0 bridgehead atoms. The molecule has 1 aromatic carbocycles. The van der Waals surface area contributed by atoms with Crippen LogP contribution in [0.1, 0.15) is 31.2 Å². The van der Waals surface area contributed by atoms with Gasteiger partial charge in [-0.05, 0) is 56.5 Å². The van der Waals surface area contributed by atoms with Gasteiger partial charge < -0.3 is 10.2 Å². The number of rotatable bonds is 5. The third-order valence-corrected chi connectivity index (χ3v) is 4.56. The number of carbonyl (C=O) groups is 1. The maximum absolute atomic E-state index is 13.7. The first-order chi connectivity index (χ1) is 10.1. The number of hydrogen-bond donors (Lipinski definition) is 1. The molecule has 0 aromatic heterocycles. The van der Waals surface area contributed by atoms with Crippen LogP contribution in [0.4, 0.5) is 4.39 Å². The summed E-state index contributed by atoms with van der Waals surface area (Å²) in [6.45, 7) is 2.42. The number of carbonyl (C=O) groups excluding carboxylic acids is 1. The molecule has 3 nitrogen and oxygen atoms in total. The van der Waals surface area contributed by atoms with Crippen LogP contribution >= 0.6 is 28.3 Å². The fourth-order valence-corrected chi connectivity index (χ4v) is 3.11. The van der Waals surface area contributed by atoms with Gasteiger partial charge in [0.25, 0.3) is 0 Å². The second-order valence-corrected chi connectivity index (χ2v) is 6.63. The van der Waals surface area contributed by atoms with E-state index in [0.29, 0.717) is 24.4 Å². The zero-order chi connectivity index (χ0) is 15.2. The van der Waals surface area contributed by atoms with Gasteiger partial charge in [0, 0.05) is 30.0 Å². The van der Waals surface area contributed by atoms with Crippen LogP contribution in [0.5, 0.6) is 0 Å². The predicted molar refractivity (Wildman–Crippen MR) is 92.6 cm³/mol. The fourth-order valence-electron chi connectivity index (χ4n) is 2.70. The Hall–Kier alpha value is -0.650. The zero-order valence-corrected chi connectivity index (χ0v) is 15.2. The summed E-state index contributed by atoms with van der Waals surface area (Å²) in [5, 5.41) is 3.33. The van der Waals surface area contributed by atoms with E-state index in [-0.39, 0.29) is 24.1 Å². The molecule has 1 amide bonds. The van der Waals surface area contributed by atoms with Crippen LogP contribution in [0.25, 0.3) is 0 Å². The topological polar surface area (TPSA) is 32.3 Å². The normalized spacial score (nSPS) is 15.2. The van der Waals surface area contributed by atoms with Crippen LogP contribution in [-0.2, 0) is 11.3 Å². The monoisotopic (exact) mass is 392 g/mol. The highest BCUT2D eigenvalue weighted by Gasteiger charge is 2.17. The van der Waals surface area contributed by atoms with E-state index in [4.69, 9.17) is 0 Å². The van der Waals surface area contributed by atoms with Gasteiger partial charge in [0.2, 0.25) is 5.91 Å². The number of benzene rings is 1. The van der Waals surface area contributed by atoms with Crippen molar-refractivity contribution in [2.75, 3.05) is 20.1 Å². The van der Waals surface area contributed by atoms with E-state index in [2.05, 4.69) is 21.2 Å². The molecular formula is C16H23BrClFN2O. The Bertz CT molecular complexity index is 495. The van der Waals surface area contributed by atoms with Crippen LogP contribution in [0.2, 0.25) is 0 Å². The van der Waals surface area contributed by atoms with Gasteiger partial charge in [0.15, 0.2) is 0 Å². The zero-order valence-electron chi connectivity index (χ0n) is 12.8. The molecule has 124 valence electrons. The van der Waals surface area contributed by atoms with E-state index >= 15 is 0 Å². The molecule has 1 aliphatic heterocycles. The number of piperidine rings is 1. The Morgan fingerprint density at radius 3 is 2.77 bits per heavy atom. The molecule has 1 aliphatic rings. The molecule has 6 heteroatoms. The lowest BCUT2D eigenvalue weighted by atomic mass is 9.93. The molecule has 0 aliphatic carbocycles. The van der Waals surface area contributed by atoms with Gasteiger partial charge in [-0.15, -0.1) is 12.4 Å². The Kier molecular flexibility index (Phi) is 8.36. The standard InChI is InChI=1S/C16H22BrFN2O.ClH/c1-20(11-13-10-14(17)3-4-15(13)18)16(21)5-2-12-6-8-19-9-7-12;/h3-4,10,12,19H,2,5-9,11H2,1H3;1H. The Morgan fingerprint density at radius 1 is 1.41 bits per heavy atom. The molecule has 0 saturated carbocycles. The van der Waals surface area contributed by atoms with E-state index < -0.39 is 0 Å². The largest absolute Gasteiger partial charge is 0.341 e. The van der Waals surface area contributed by atoms with Gasteiger partial charge in [-0.2, -0.15) is 0 Å². The summed E-state index contributed by atoms with van der Waals surface area (Å²) >= 11 is 3.33. The smallest absolute Gasteiger partial charge is 0.222 e. The minimum Gasteiger partial charge on any atom is -0.341 e. The highest BCUT2D eigenvalue weighted by molar-refractivity contribution is 9.10. The molecule has 0 spiro atoms. The number of halogens is 3. The van der Waals surface area contributed by atoms with Gasteiger partial charge in [0.1, 0.15) is 5.82 Å². The molecule has 1 heterocycles. The van der Waals surface area contributed by atoms with Crippen LogP contribution in [0.15, 0.2) is 22.7 Å². The van der Waals surface area contributed by atoms with E-state index in [1.807, 2.05) is 0 Å². The molecule has 0 atom stereocenters. The predicted octanol–water partition coefficient (Wildman–Crippen LogP) is 3.75.